The fraction of sp³-hybridized carbons (Fsp3) is 0.636. The summed E-state index contributed by atoms with van der Waals surface area (Å²) in [6.45, 7) is 5.68. The molecule has 14 heavy (non-hydrogen) atoms. The zero-order valence-electron chi connectivity index (χ0n) is 8.64. The Bertz CT molecular complexity index is 317. The largest absolute Gasteiger partial charge is 0.309 e. The normalized spacial score (nSPS) is 20.8. The third kappa shape index (κ3) is 2.38. The molecule has 1 heterocycles. The predicted molar refractivity (Wildman–Crippen MR) is 65.7 cm³/mol. The van der Waals surface area contributed by atoms with Crippen LogP contribution in [0.5, 0.6) is 0 Å². The van der Waals surface area contributed by atoms with Crippen molar-refractivity contribution in [2.75, 3.05) is 0 Å². The molecule has 0 aromatic carbocycles. The second kappa shape index (κ2) is 3.95. The van der Waals surface area contributed by atoms with E-state index < -0.39 is 0 Å². The molecular weight excluding hydrogens is 258 g/mol. The molecule has 1 saturated carbocycles. The average molecular weight is 274 g/mol. The van der Waals surface area contributed by atoms with Gasteiger partial charge in [-0.2, -0.15) is 0 Å². The third-order valence-corrected chi connectivity index (χ3v) is 4.99. The lowest BCUT2D eigenvalue weighted by molar-refractivity contribution is 0.381. The van der Waals surface area contributed by atoms with Crippen LogP contribution < -0.4 is 5.32 Å². The van der Waals surface area contributed by atoms with E-state index in [1.165, 1.54) is 22.2 Å². The maximum Gasteiger partial charge on any atom is 0.0302 e. The summed E-state index contributed by atoms with van der Waals surface area (Å²) in [4.78, 5) is 1.41. The van der Waals surface area contributed by atoms with Gasteiger partial charge in [0.25, 0.3) is 0 Å². The molecule has 0 saturated heterocycles. The molecule has 1 unspecified atom stereocenters. The summed E-state index contributed by atoms with van der Waals surface area (Å²) in [7, 11) is 0. The van der Waals surface area contributed by atoms with Crippen LogP contribution in [0.1, 0.15) is 31.6 Å². The standard InChI is InChI=1S/C11H16BrNS/c1-8(11(2)3-4-11)13-6-10-5-9(12)7-14-10/h5,7-8,13H,3-4,6H2,1-2H3. The van der Waals surface area contributed by atoms with Gasteiger partial charge < -0.3 is 5.32 Å². The van der Waals surface area contributed by atoms with E-state index >= 15 is 0 Å². The quantitative estimate of drug-likeness (QED) is 0.880. The average Bonchev–Trinajstić information content (AvgIpc) is 2.76. The van der Waals surface area contributed by atoms with Crippen molar-refractivity contribution in [2.24, 2.45) is 5.41 Å². The van der Waals surface area contributed by atoms with Gasteiger partial charge in [0.05, 0.1) is 0 Å². The van der Waals surface area contributed by atoms with Gasteiger partial charge >= 0.3 is 0 Å². The fourth-order valence-electron chi connectivity index (χ4n) is 1.58. The van der Waals surface area contributed by atoms with E-state index in [2.05, 4.69) is 46.5 Å². The van der Waals surface area contributed by atoms with E-state index in [1.807, 2.05) is 11.3 Å². The van der Waals surface area contributed by atoms with Gasteiger partial charge in [0.1, 0.15) is 0 Å². The Morgan fingerprint density at radius 3 is 2.86 bits per heavy atom. The maximum atomic E-state index is 3.60. The molecule has 1 aromatic heterocycles. The van der Waals surface area contributed by atoms with Crippen molar-refractivity contribution in [2.45, 2.75) is 39.3 Å². The van der Waals surface area contributed by atoms with Crippen molar-refractivity contribution >= 4 is 27.3 Å². The molecule has 1 N–H and O–H groups in total. The minimum atomic E-state index is 0.578. The second-order valence-corrected chi connectivity index (χ2v) is 6.40. The van der Waals surface area contributed by atoms with Crippen LogP contribution in [-0.4, -0.2) is 6.04 Å². The molecule has 0 spiro atoms. The van der Waals surface area contributed by atoms with E-state index in [9.17, 15) is 0 Å². The molecule has 0 bridgehead atoms. The first-order valence-electron chi connectivity index (χ1n) is 5.06. The van der Waals surface area contributed by atoms with E-state index in [0.29, 0.717) is 11.5 Å². The van der Waals surface area contributed by atoms with Crippen molar-refractivity contribution in [3.8, 4) is 0 Å². The molecule has 1 fully saturated rings. The Hall–Kier alpha value is 0.140. The molecule has 1 aromatic rings. The molecular formula is C11H16BrNS. The fourth-order valence-corrected chi connectivity index (χ4v) is 2.98. The zero-order valence-corrected chi connectivity index (χ0v) is 11.0. The molecule has 0 amide bonds. The Labute approximate surface area is 98.0 Å². The van der Waals surface area contributed by atoms with E-state index in [1.54, 1.807) is 0 Å². The van der Waals surface area contributed by atoms with Gasteiger partial charge in [-0.1, -0.05) is 6.92 Å². The van der Waals surface area contributed by atoms with Crippen molar-refractivity contribution in [1.29, 1.82) is 0 Å². The minimum Gasteiger partial charge on any atom is -0.309 e. The molecule has 1 aliphatic carbocycles. The van der Waals surface area contributed by atoms with Gasteiger partial charge in [-0.15, -0.1) is 11.3 Å². The number of hydrogen-bond donors (Lipinski definition) is 1. The lowest BCUT2D eigenvalue weighted by Gasteiger charge is -2.19. The maximum absolute atomic E-state index is 3.60. The smallest absolute Gasteiger partial charge is 0.0302 e. The van der Waals surface area contributed by atoms with Gasteiger partial charge in [-0.25, -0.2) is 0 Å². The minimum absolute atomic E-state index is 0.578. The van der Waals surface area contributed by atoms with Crippen LogP contribution in [0.25, 0.3) is 0 Å². The highest BCUT2D eigenvalue weighted by atomic mass is 79.9. The number of nitrogens with one attached hydrogen (secondary N) is 1. The van der Waals surface area contributed by atoms with E-state index in [-0.39, 0.29) is 0 Å². The summed E-state index contributed by atoms with van der Waals surface area (Å²) in [6.07, 6.45) is 2.77. The molecule has 78 valence electrons. The Morgan fingerprint density at radius 2 is 2.36 bits per heavy atom. The number of thiophene rings is 1. The van der Waals surface area contributed by atoms with Crippen LogP contribution in [0.3, 0.4) is 0 Å². The van der Waals surface area contributed by atoms with E-state index in [4.69, 9.17) is 0 Å². The van der Waals surface area contributed by atoms with Crippen molar-refractivity contribution < 1.29 is 0 Å². The lowest BCUT2D eigenvalue weighted by Crippen LogP contribution is -2.32. The summed E-state index contributed by atoms with van der Waals surface area (Å²) in [5.41, 5.74) is 0.578. The van der Waals surface area contributed by atoms with E-state index in [0.717, 1.165) is 6.54 Å². The Balaban J connectivity index is 1.82. The summed E-state index contributed by atoms with van der Waals surface area (Å²) in [5.74, 6) is 0. The number of hydrogen-bond acceptors (Lipinski definition) is 2. The van der Waals surface area contributed by atoms with Crippen LogP contribution in [0.4, 0.5) is 0 Å². The lowest BCUT2D eigenvalue weighted by atomic mass is 10.0. The monoisotopic (exact) mass is 273 g/mol. The highest BCUT2D eigenvalue weighted by Gasteiger charge is 2.42. The molecule has 0 radical (unpaired) electrons. The van der Waals surface area contributed by atoms with Crippen LogP contribution in [-0.2, 0) is 6.54 Å². The van der Waals surface area contributed by atoms with Gasteiger partial charge in [0.2, 0.25) is 0 Å². The SMILES string of the molecule is CC(NCc1cc(Br)cs1)C1(C)CC1. The zero-order chi connectivity index (χ0) is 10.2. The topological polar surface area (TPSA) is 12.0 Å². The summed E-state index contributed by atoms with van der Waals surface area (Å²) in [5, 5.41) is 5.74. The van der Waals surface area contributed by atoms with Crippen molar-refractivity contribution in [1.82, 2.24) is 5.32 Å². The predicted octanol–water partition coefficient (Wildman–Crippen LogP) is 3.79. The summed E-state index contributed by atoms with van der Waals surface area (Å²) >= 11 is 5.29. The van der Waals surface area contributed by atoms with Crippen LogP contribution in [0.2, 0.25) is 0 Å². The van der Waals surface area contributed by atoms with Crippen molar-refractivity contribution in [3.05, 3.63) is 20.8 Å². The Morgan fingerprint density at radius 1 is 1.64 bits per heavy atom. The summed E-state index contributed by atoms with van der Waals surface area (Å²) in [6, 6.07) is 2.84. The molecule has 0 aliphatic heterocycles. The molecule has 3 heteroatoms. The van der Waals surface area contributed by atoms with Gasteiger partial charge in [-0.3, -0.25) is 0 Å². The van der Waals surface area contributed by atoms with Crippen LogP contribution >= 0.6 is 27.3 Å². The molecule has 1 aliphatic rings. The van der Waals surface area contributed by atoms with Crippen molar-refractivity contribution in [3.63, 3.8) is 0 Å². The number of halogens is 1. The van der Waals surface area contributed by atoms with Gasteiger partial charge in [0, 0.05) is 27.3 Å². The molecule has 1 nitrogen and oxygen atoms in total. The number of rotatable bonds is 4. The molecule has 2 rings (SSSR count). The van der Waals surface area contributed by atoms with Crippen LogP contribution in [0.15, 0.2) is 15.9 Å². The first-order chi connectivity index (χ1) is 6.60. The highest BCUT2D eigenvalue weighted by Crippen LogP contribution is 2.48. The van der Waals surface area contributed by atoms with Gasteiger partial charge in [-0.05, 0) is 47.2 Å². The third-order valence-electron chi connectivity index (χ3n) is 3.29. The first kappa shape index (κ1) is 10.7. The second-order valence-electron chi connectivity index (χ2n) is 4.49. The highest BCUT2D eigenvalue weighted by molar-refractivity contribution is 9.10. The molecule has 1 atom stereocenters. The van der Waals surface area contributed by atoms with Gasteiger partial charge in [0.15, 0.2) is 0 Å². The Kier molecular flexibility index (Phi) is 3.01. The first-order valence-corrected chi connectivity index (χ1v) is 6.74. The summed E-state index contributed by atoms with van der Waals surface area (Å²) < 4.78 is 1.20. The van der Waals surface area contributed by atoms with Crippen LogP contribution in [0, 0.1) is 5.41 Å².